The van der Waals surface area contributed by atoms with Gasteiger partial charge in [0.05, 0.1) is 5.01 Å². The first kappa shape index (κ1) is 13.7. The molecule has 1 aromatic rings. The summed E-state index contributed by atoms with van der Waals surface area (Å²) in [5.74, 6) is 0. The molecule has 0 fully saturated rings. The van der Waals surface area contributed by atoms with E-state index in [1.54, 1.807) is 0 Å². The van der Waals surface area contributed by atoms with Gasteiger partial charge in [0.1, 0.15) is 0 Å². The van der Waals surface area contributed by atoms with Gasteiger partial charge < -0.3 is 5.32 Å². The SMILES string of the molecule is CCCCCC(NCCC)c1cnc(C)s1. The van der Waals surface area contributed by atoms with Crippen molar-refractivity contribution in [2.45, 2.75) is 58.9 Å². The fourth-order valence-corrected chi connectivity index (χ4v) is 2.70. The van der Waals surface area contributed by atoms with Crippen LogP contribution in [0.4, 0.5) is 0 Å². The van der Waals surface area contributed by atoms with Gasteiger partial charge in [0.2, 0.25) is 0 Å². The van der Waals surface area contributed by atoms with Crippen LogP contribution in [0.1, 0.15) is 61.9 Å². The van der Waals surface area contributed by atoms with Gasteiger partial charge in [-0.05, 0) is 26.3 Å². The van der Waals surface area contributed by atoms with Gasteiger partial charge in [0.15, 0.2) is 0 Å². The molecule has 16 heavy (non-hydrogen) atoms. The molecule has 0 amide bonds. The smallest absolute Gasteiger partial charge is 0.0897 e. The summed E-state index contributed by atoms with van der Waals surface area (Å²) in [6, 6.07) is 0.526. The number of rotatable bonds is 8. The topological polar surface area (TPSA) is 24.9 Å². The first-order valence-electron chi connectivity index (χ1n) is 6.43. The molecule has 0 aliphatic rings. The van der Waals surface area contributed by atoms with Crippen LogP contribution in [0.25, 0.3) is 0 Å². The number of unbranched alkanes of at least 4 members (excludes halogenated alkanes) is 2. The van der Waals surface area contributed by atoms with Crippen LogP contribution >= 0.6 is 11.3 Å². The van der Waals surface area contributed by atoms with Crippen molar-refractivity contribution in [2.24, 2.45) is 0 Å². The van der Waals surface area contributed by atoms with Crippen LogP contribution in [0.15, 0.2) is 6.20 Å². The average molecular weight is 240 g/mol. The maximum atomic E-state index is 4.35. The molecule has 3 heteroatoms. The molecule has 0 aliphatic carbocycles. The number of thiazole rings is 1. The molecule has 1 heterocycles. The van der Waals surface area contributed by atoms with Crippen molar-refractivity contribution in [1.82, 2.24) is 10.3 Å². The molecule has 1 rings (SSSR count). The molecular weight excluding hydrogens is 216 g/mol. The third-order valence-corrected chi connectivity index (χ3v) is 3.75. The average Bonchev–Trinajstić information content (AvgIpc) is 2.70. The molecule has 1 aromatic heterocycles. The van der Waals surface area contributed by atoms with Gasteiger partial charge in [-0.2, -0.15) is 0 Å². The van der Waals surface area contributed by atoms with E-state index < -0.39 is 0 Å². The van der Waals surface area contributed by atoms with Crippen LogP contribution in [0.3, 0.4) is 0 Å². The van der Waals surface area contributed by atoms with E-state index in [1.807, 2.05) is 17.5 Å². The lowest BCUT2D eigenvalue weighted by molar-refractivity contribution is 0.480. The minimum Gasteiger partial charge on any atom is -0.309 e. The maximum absolute atomic E-state index is 4.35. The van der Waals surface area contributed by atoms with E-state index >= 15 is 0 Å². The Labute approximate surface area is 103 Å². The van der Waals surface area contributed by atoms with E-state index in [9.17, 15) is 0 Å². The number of aryl methyl sites for hydroxylation is 1. The standard InChI is InChI=1S/C13H24N2S/c1-4-6-7-8-12(14-9-5-2)13-10-15-11(3)16-13/h10,12,14H,4-9H2,1-3H3. The summed E-state index contributed by atoms with van der Waals surface area (Å²) in [4.78, 5) is 5.76. The summed E-state index contributed by atoms with van der Waals surface area (Å²) < 4.78 is 0. The Hall–Kier alpha value is -0.410. The number of nitrogens with one attached hydrogen (secondary N) is 1. The van der Waals surface area contributed by atoms with Crippen molar-refractivity contribution in [3.63, 3.8) is 0 Å². The highest BCUT2D eigenvalue weighted by molar-refractivity contribution is 7.11. The fourth-order valence-electron chi connectivity index (χ4n) is 1.80. The van der Waals surface area contributed by atoms with Crippen LogP contribution in [0.5, 0.6) is 0 Å². The van der Waals surface area contributed by atoms with Gasteiger partial charge in [-0.15, -0.1) is 11.3 Å². The Balaban J connectivity index is 2.49. The molecule has 92 valence electrons. The van der Waals surface area contributed by atoms with Gasteiger partial charge in [0.25, 0.3) is 0 Å². The zero-order valence-corrected chi connectivity index (χ0v) is 11.6. The quantitative estimate of drug-likeness (QED) is 0.693. The Morgan fingerprint density at radius 1 is 1.31 bits per heavy atom. The van der Waals surface area contributed by atoms with Crippen molar-refractivity contribution in [1.29, 1.82) is 0 Å². The van der Waals surface area contributed by atoms with E-state index in [4.69, 9.17) is 0 Å². The van der Waals surface area contributed by atoms with Crippen molar-refractivity contribution < 1.29 is 0 Å². The highest BCUT2D eigenvalue weighted by Gasteiger charge is 2.12. The predicted molar refractivity (Wildman–Crippen MR) is 72.0 cm³/mol. The van der Waals surface area contributed by atoms with E-state index in [0.717, 1.165) is 6.54 Å². The van der Waals surface area contributed by atoms with E-state index in [0.29, 0.717) is 6.04 Å². The third-order valence-electron chi connectivity index (χ3n) is 2.72. The van der Waals surface area contributed by atoms with Crippen LogP contribution < -0.4 is 5.32 Å². The lowest BCUT2D eigenvalue weighted by Gasteiger charge is -2.16. The molecule has 0 radical (unpaired) electrons. The Morgan fingerprint density at radius 2 is 2.12 bits per heavy atom. The second-order valence-corrected chi connectivity index (χ2v) is 5.55. The molecule has 0 spiro atoms. The first-order valence-corrected chi connectivity index (χ1v) is 7.25. The van der Waals surface area contributed by atoms with Crippen LogP contribution in [-0.4, -0.2) is 11.5 Å². The maximum Gasteiger partial charge on any atom is 0.0897 e. The van der Waals surface area contributed by atoms with E-state index in [1.165, 1.54) is 42.0 Å². The minimum atomic E-state index is 0.526. The van der Waals surface area contributed by atoms with Crippen LogP contribution in [0.2, 0.25) is 0 Å². The molecular formula is C13H24N2S. The molecule has 0 saturated heterocycles. The van der Waals surface area contributed by atoms with Crippen molar-refractivity contribution in [3.05, 3.63) is 16.1 Å². The zero-order chi connectivity index (χ0) is 11.8. The molecule has 1 atom stereocenters. The van der Waals surface area contributed by atoms with Gasteiger partial charge in [0, 0.05) is 17.1 Å². The van der Waals surface area contributed by atoms with Crippen molar-refractivity contribution in [2.75, 3.05) is 6.54 Å². The lowest BCUT2D eigenvalue weighted by atomic mass is 10.1. The summed E-state index contributed by atoms with van der Waals surface area (Å²) in [7, 11) is 0. The van der Waals surface area contributed by atoms with Crippen LogP contribution in [-0.2, 0) is 0 Å². The van der Waals surface area contributed by atoms with Crippen molar-refractivity contribution >= 4 is 11.3 Å². The Kier molecular flexibility index (Phi) is 6.65. The number of aromatic nitrogens is 1. The number of nitrogens with zero attached hydrogens (tertiary/aromatic N) is 1. The lowest BCUT2D eigenvalue weighted by Crippen LogP contribution is -2.21. The number of hydrogen-bond acceptors (Lipinski definition) is 3. The molecule has 0 saturated carbocycles. The van der Waals surface area contributed by atoms with E-state index in [2.05, 4.69) is 31.1 Å². The van der Waals surface area contributed by atoms with Gasteiger partial charge in [-0.25, -0.2) is 4.98 Å². The largest absolute Gasteiger partial charge is 0.309 e. The molecule has 2 nitrogen and oxygen atoms in total. The molecule has 0 aliphatic heterocycles. The molecule has 0 aromatic carbocycles. The summed E-state index contributed by atoms with van der Waals surface area (Å²) >= 11 is 1.83. The Morgan fingerprint density at radius 3 is 2.69 bits per heavy atom. The monoisotopic (exact) mass is 240 g/mol. The molecule has 1 N–H and O–H groups in total. The Bertz CT molecular complexity index is 283. The minimum absolute atomic E-state index is 0.526. The summed E-state index contributed by atoms with van der Waals surface area (Å²) in [5.41, 5.74) is 0. The third kappa shape index (κ3) is 4.62. The first-order chi connectivity index (χ1) is 7.77. The molecule has 1 unspecified atom stereocenters. The summed E-state index contributed by atoms with van der Waals surface area (Å²) in [5, 5.41) is 4.80. The zero-order valence-electron chi connectivity index (χ0n) is 10.8. The fraction of sp³-hybridized carbons (Fsp3) is 0.769. The van der Waals surface area contributed by atoms with Gasteiger partial charge in [-0.3, -0.25) is 0 Å². The second kappa shape index (κ2) is 7.80. The number of hydrogen-bond donors (Lipinski definition) is 1. The predicted octanol–water partition coefficient (Wildman–Crippen LogP) is 4.07. The van der Waals surface area contributed by atoms with Gasteiger partial charge in [-0.1, -0.05) is 33.1 Å². The highest BCUT2D eigenvalue weighted by atomic mass is 32.1. The van der Waals surface area contributed by atoms with E-state index in [-0.39, 0.29) is 0 Å². The van der Waals surface area contributed by atoms with Crippen LogP contribution in [0, 0.1) is 6.92 Å². The normalized spacial score (nSPS) is 12.9. The summed E-state index contributed by atoms with van der Waals surface area (Å²) in [6.07, 6.45) is 8.43. The highest BCUT2D eigenvalue weighted by Crippen LogP contribution is 2.25. The summed E-state index contributed by atoms with van der Waals surface area (Å²) in [6.45, 7) is 7.66. The second-order valence-electron chi connectivity index (χ2n) is 4.28. The van der Waals surface area contributed by atoms with Gasteiger partial charge >= 0.3 is 0 Å². The van der Waals surface area contributed by atoms with Crippen molar-refractivity contribution in [3.8, 4) is 0 Å². The molecule has 0 bridgehead atoms.